The summed E-state index contributed by atoms with van der Waals surface area (Å²) in [7, 11) is 0. The maximum absolute atomic E-state index is 12.2. The zero-order chi connectivity index (χ0) is 17.0. The van der Waals surface area contributed by atoms with Gasteiger partial charge in [-0.25, -0.2) is 9.18 Å². The highest BCUT2D eigenvalue weighted by atomic mass is 19.1. The van der Waals surface area contributed by atoms with E-state index in [2.05, 4.69) is 5.16 Å². The standard InChI is InChI=1S/C9H5NO3.C7H5FO2/c11-8-5-3-1-2-4-6(5)9(12)7(8)10-13;8-6-3-1-5(2-4-6)7(9)10/h1-4,13H;1-4H,(H,9,10). The molecule has 0 spiro atoms. The summed E-state index contributed by atoms with van der Waals surface area (Å²) in [5, 5.41) is 19.7. The molecule has 0 saturated heterocycles. The zero-order valence-electron chi connectivity index (χ0n) is 11.6. The van der Waals surface area contributed by atoms with Crippen molar-refractivity contribution in [3.8, 4) is 0 Å². The fourth-order valence-electron chi connectivity index (χ4n) is 1.92. The van der Waals surface area contributed by atoms with Crippen LogP contribution >= 0.6 is 0 Å². The van der Waals surface area contributed by atoms with Crippen molar-refractivity contribution in [3.63, 3.8) is 0 Å². The van der Waals surface area contributed by atoms with Crippen molar-refractivity contribution in [2.75, 3.05) is 0 Å². The third-order valence-corrected chi connectivity index (χ3v) is 3.04. The minimum atomic E-state index is -1.04. The first-order valence-electron chi connectivity index (χ1n) is 6.35. The summed E-state index contributed by atoms with van der Waals surface area (Å²) in [4.78, 5) is 32.8. The Bertz CT molecular complexity index is 952. The highest BCUT2D eigenvalue weighted by Gasteiger charge is 2.09. The van der Waals surface area contributed by atoms with Gasteiger partial charge in [0.05, 0.1) is 5.56 Å². The van der Waals surface area contributed by atoms with Gasteiger partial charge in [-0.3, -0.25) is 9.59 Å². The Labute approximate surface area is 128 Å². The Kier molecular flexibility index (Phi) is 4.61. The lowest BCUT2D eigenvalue weighted by atomic mass is 10.2. The molecule has 0 aliphatic heterocycles. The van der Waals surface area contributed by atoms with Gasteiger partial charge in [0.2, 0.25) is 10.9 Å². The highest BCUT2D eigenvalue weighted by molar-refractivity contribution is 5.87. The number of halogens is 1. The summed E-state index contributed by atoms with van der Waals surface area (Å²) in [6.45, 7) is 0. The quantitative estimate of drug-likeness (QED) is 0.519. The Morgan fingerprint density at radius 2 is 1.39 bits per heavy atom. The second-order valence-electron chi connectivity index (χ2n) is 4.46. The van der Waals surface area contributed by atoms with E-state index in [0.29, 0.717) is 10.8 Å². The summed E-state index contributed by atoms with van der Waals surface area (Å²) in [6, 6.07) is 11.1. The Morgan fingerprint density at radius 3 is 1.78 bits per heavy atom. The molecule has 0 aromatic heterocycles. The predicted molar refractivity (Wildman–Crippen MR) is 79.6 cm³/mol. The number of nitrogens with zero attached hydrogens (tertiary/aromatic N) is 1. The van der Waals surface area contributed by atoms with E-state index in [1.165, 1.54) is 24.3 Å². The monoisotopic (exact) mass is 315 g/mol. The summed E-state index contributed by atoms with van der Waals surface area (Å²) < 4.78 is 12.2. The molecule has 0 saturated carbocycles. The molecule has 0 aliphatic carbocycles. The van der Waals surface area contributed by atoms with E-state index in [-0.39, 0.29) is 5.56 Å². The predicted octanol–water partition coefficient (Wildman–Crippen LogP) is 1.25. The molecule has 3 aromatic rings. The largest absolute Gasteiger partial charge is 0.478 e. The van der Waals surface area contributed by atoms with Crippen LogP contribution in [-0.2, 0) is 0 Å². The first kappa shape index (κ1) is 16.0. The van der Waals surface area contributed by atoms with Gasteiger partial charge in [0.1, 0.15) is 5.82 Å². The first-order chi connectivity index (χ1) is 11.0. The number of hydrogen-bond acceptors (Lipinski definition) is 5. The van der Waals surface area contributed by atoms with Gasteiger partial charge in [0, 0.05) is 10.8 Å². The molecule has 0 atom stereocenters. The van der Waals surface area contributed by atoms with Crippen LogP contribution in [0.3, 0.4) is 0 Å². The maximum atomic E-state index is 12.2. The molecule has 6 nitrogen and oxygen atoms in total. The molecule has 0 unspecified atom stereocenters. The number of fused-ring (bicyclic) bond motifs is 1. The van der Waals surface area contributed by atoms with Gasteiger partial charge >= 0.3 is 5.97 Å². The summed E-state index contributed by atoms with van der Waals surface area (Å²) in [5.41, 5.74) is -0.924. The van der Waals surface area contributed by atoms with Crippen molar-refractivity contribution >= 4 is 16.7 Å². The van der Waals surface area contributed by atoms with Crippen LogP contribution < -0.4 is 16.2 Å². The second-order valence-corrected chi connectivity index (χ2v) is 4.46. The second kappa shape index (κ2) is 6.61. The first-order valence-corrected chi connectivity index (χ1v) is 6.35. The minimum absolute atomic E-state index is 0.0985. The number of carbonyl (C=O) groups is 1. The van der Waals surface area contributed by atoms with Gasteiger partial charge in [-0.05, 0) is 24.3 Å². The SMILES string of the molecule is O=C(O)c1ccc(F)cc1.O=c1c(=NO)c(=O)c2ccccc12. The third-order valence-electron chi connectivity index (χ3n) is 3.04. The van der Waals surface area contributed by atoms with Crippen LogP contribution in [0.5, 0.6) is 0 Å². The van der Waals surface area contributed by atoms with Gasteiger partial charge in [-0.15, -0.1) is 0 Å². The van der Waals surface area contributed by atoms with Crippen molar-refractivity contribution in [2.45, 2.75) is 0 Å². The van der Waals surface area contributed by atoms with Crippen LogP contribution in [-0.4, -0.2) is 16.3 Å². The molecule has 0 radical (unpaired) electrons. The molecule has 23 heavy (non-hydrogen) atoms. The fraction of sp³-hybridized carbons (Fsp3) is 0. The van der Waals surface area contributed by atoms with Crippen LogP contribution in [0.4, 0.5) is 4.39 Å². The van der Waals surface area contributed by atoms with E-state index in [1.54, 1.807) is 12.1 Å². The van der Waals surface area contributed by atoms with Crippen molar-refractivity contribution in [1.29, 1.82) is 0 Å². The Morgan fingerprint density at radius 1 is 0.913 bits per heavy atom. The number of hydrogen-bond donors (Lipinski definition) is 2. The normalized spacial score (nSPS) is 9.96. The van der Waals surface area contributed by atoms with Crippen molar-refractivity contribution in [3.05, 3.63) is 85.7 Å². The Balaban J connectivity index is 0.000000174. The average molecular weight is 315 g/mol. The van der Waals surface area contributed by atoms with E-state index in [4.69, 9.17) is 10.3 Å². The van der Waals surface area contributed by atoms with Gasteiger partial charge in [0.15, 0.2) is 5.36 Å². The van der Waals surface area contributed by atoms with E-state index in [9.17, 15) is 18.8 Å². The molecule has 0 heterocycles. The summed E-state index contributed by atoms with van der Waals surface area (Å²) >= 11 is 0. The highest BCUT2D eigenvalue weighted by Crippen LogP contribution is 2.02. The molecule has 3 aromatic carbocycles. The van der Waals surface area contributed by atoms with Crippen molar-refractivity contribution < 1.29 is 19.5 Å². The van der Waals surface area contributed by atoms with E-state index < -0.39 is 28.0 Å². The van der Waals surface area contributed by atoms with Gasteiger partial charge in [-0.1, -0.05) is 29.4 Å². The lowest BCUT2D eigenvalue weighted by Crippen LogP contribution is -2.31. The van der Waals surface area contributed by atoms with Crippen molar-refractivity contribution in [1.82, 2.24) is 0 Å². The third kappa shape index (κ3) is 3.29. The molecule has 7 heteroatoms. The number of benzene rings is 2. The average Bonchev–Trinajstić information content (AvgIpc) is 2.80. The lowest BCUT2D eigenvalue weighted by molar-refractivity contribution is 0.0697. The van der Waals surface area contributed by atoms with Gasteiger partial charge in [0.25, 0.3) is 0 Å². The number of carboxylic acids is 1. The van der Waals surface area contributed by atoms with Gasteiger partial charge in [-0.2, -0.15) is 0 Å². The minimum Gasteiger partial charge on any atom is -0.478 e. The summed E-state index contributed by atoms with van der Waals surface area (Å²) in [5.74, 6) is -1.47. The van der Waals surface area contributed by atoms with E-state index >= 15 is 0 Å². The number of aromatic carboxylic acids is 1. The maximum Gasteiger partial charge on any atom is 0.335 e. The molecule has 0 fully saturated rings. The molecule has 0 aliphatic rings. The topological polar surface area (TPSA) is 104 Å². The van der Waals surface area contributed by atoms with E-state index in [0.717, 1.165) is 12.1 Å². The van der Waals surface area contributed by atoms with E-state index in [1.807, 2.05) is 0 Å². The number of rotatable bonds is 1. The zero-order valence-corrected chi connectivity index (χ0v) is 11.6. The Hall–Kier alpha value is -3.35. The van der Waals surface area contributed by atoms with Crippen LogP contribution in [0.1, 0.15) is 10.4 Å². The molecule has 116 valence electrons. The molecule has 3 rings (SSSR count). The summed E-state index contributed by atoms with van der Waals surface area (Å²) in [6.07, 6.45) is 0. The van der Waals surface area contributed by atoms with Gasteiger partial charge < -0.3 is 10.3 Å². The lowest BCUT2D eigenvalue weighted by Gasteiger charge is -1.90. The van der Waals surface area contributed by atoms with Crippen LogP contribution in [0.25, 0.3) is 10.8 Å². The molecular formula is C16H10FNO5. The smallest absolute Gasteiger partial charge is 0.335 e. The van der Waals surface area contributed by atoms with Crippen LogP contribution in [0.15, 0.2) is 63.3 Å². The fourth-order valence-corrected chi connectivity index (χ4v) is 1.92. The van der Waals surface area contributed by atoms with Crippen LogP contribution in [0.2, 0.25) is 0 Å². The molecule has 0 bridgehead atoms. The molecular weight excluding hydrogens is 305 g/mol. The van der Waals surface area contributed by atoms with Crippen LogP contribution in [0, 0.1) is 5.82 Å². The molecule has 0 amide bonds. The van der Waals surface area contributed by atoms with Crippen molar-refractivity contribution in [2.24, 2.45) is 5.16 Å². The molecule has 2 N–H and O–H groups in total. The number of carboxylic acid groups (broad SMARTS) is 1.